The monoisotopic (exact) mass is 366 g/mol. The summed E-state index contributed by atoms with van der Waals surface area (Å²) in [6.07, 6.45) is 0.539. The summed E-state index contributed by atoms with van der Waals surface area (Å²) >= 11 is 3.19. The second-order valence-electron chi connectivity index (χ2n) is 4.07. The van der Waals surface area contributed by atoms with Gasteiger partial charge in [-0.05, 0) is 24.3 Å². The van der Waals surface area contributed by atoms with Crippen LogP contribution in [0, 0.1) is 20.2 Å². The number of hydrogen-bond acceptors (Lipinski definition) is 6. The summed E-state index contributed by atoms with van der Waals surface area (Å²) in [6, 6.07) is 7.54. The summed E-state index contributed by atoms with van der Waals surface area (Å²) in [5.41, 5.74) is -0.804. The predicted octanol–water partition coefficient (Wildman–Crippen LogP) is 3.87. The molecular weight excluding hydrogens is 360 g/mol. The Balaban J connectivity index is 2.47. The molecule has 112 valence electrons. The number of nitro groups is 2. The Kier molecular flexibility index (Phi) is 4.47. The van der Waals surface area contributed by atoms with Gasteiger partial charge in [0.2, 0.25) is 5.75 Å². The predicted molar refractivity (Wildman–Crippen MR) is 79.4 cm³/mol. The van der Waals surface area contributed by atoms with Crippen LogP contribution in [0.3, 0.4) is 0 Å². The van der Waals surface area contributed by atoms with E-state index in [0.29, 0.717) is 10.8 Å². The van der Waals surface area contributed by atoms with Crippen LogP contribution in [-0.4, -0.2) is 16.1 Å². The van der Waals surface area contributed by atoms with Crippen LogP contribution in [0.25, 0.3) is 0 Å². The molecule has 0 aliphatic heterocycles. The van der Waals surface area contributed by atoms with Crippen LogP contribution in [0.5, 0.6) is 11.5 Å². The summed E-state index contributed by atoms with van der Waals surface area (Å²) in [4.78, 5) is 31.2. The first-order valence-corrected chi connectivity index (χ1v) is 6.57. The van der Waals surface area contributed by atoms with Gasteiger partial charge in [0.05, 0.1) is 21.5 Å². The lowest BCUT2D eigenvalue weighted by atomic mass is 10.2. The van der Waals surface area contributed by atoms with E-state index in [2.05, 4.69) is 15.9 Å². The van der Waals surface area contributed by atoms with Crippen LogP contribution < -0.4 is 4.74 Å². The molecule has 2 rings (SSSR count). The zero-order valence-corrected chi connectivity index (χ0v) is 12.3. The van der Waals surface area contributed by atoms with E-state index >= 15 is 0 Å². The third-order valence-electron chi connectivity index (χ3n) is 2.67. The number of benzene rings is 2. The van der Waals surface area contributed by atoms with E-state index in [1.165, 1.54) is 12.1 Å². The highest BCUT2D eigenvalue weighted by Crippen LogP contribution is 2.35. The quantitative estimate of drug-likeness (QED) is 0.450. The van der Waals surface area contributed by atoms with Gasteiger partial charge in [-0.1, -0.05) is 15.9 Å². The Morgan fingerprint density at radius 3 is 2.27 bits per heavy atom. The van der Waals surface area contributed by atoms with Crippen molar-refractivity contribution in [2.24, 2.45) is 0 Å². The van der Waals surface area contributed by atoms with Gasteiger partial charge in [-0.3, -0.25) is 25.0 Å². The van der Waals surface area contributed by atoms with E-state index in [4.69, 9.17) is 4.74 Å². The van der Waals surface area contributed by atoms with Crippen LogP contribution in [0.2, 0.25) is 0 Å². The number of nitro benzene ring substituents is 2. The van der Waals surface area contributed by atoms with Gasteiger partial charge >= 0.3 is 5.69 Å². The average Bonchev–Trinajstić information content (AvgIpc) is 2.48. The lowest BCUT2D eigenvalue weighted by Crippen LogP contribution is -1.97. The molecule has 0 bridgehead atoms. The first-order valence-electron chi connectivity index (χ1n) is 5.78. The van der Waals surface area contributed by atoms with Gasteiger partial charge in [0, 0.05) is 10.5 Å². The zero-order chi connectivity index (χ0) is 16.3. The number of carbonyl (C=O) groups excluding carboxylic acids is 1. The van der Waals surface area contributed by atoms with Crippen LogP contribution in [0.1, 0.15) is 10.4 Å². The van der Waals surface area contributed by atoms with E-state index in [9.17, 15) is 25.0 Å². The molecule has 0 fully saturated rings. The molecule has 0 aliphatic rings. The molecule has 0 unspecified atom stereocenters. The molecule has 0 N–H and O–H groups in total. The zero-order valence-electron chi connectivity index (χ0n) is 10.8. The topological polar surface area (TPSA) is 113 Å². The van der Waals surface area contributed by atoms with Crippen LogP contribution in [0.15, 0.2) is 40.9 Å². The van der Waals surface area contributed by atoms with Crippen molar-refractivity contribution in [1.29, 1.82) is 0 Å². The van der Waals surface area contributed by atoms with Crippen LogP contribution >= 0.6 is 15.9 Å². The van der Waals surface area contributed by atoms with Gasteiger partial charge in [-0.25, -0.2) is 0 Å². The normalized spacial score (nSPS) is 10.0. The van der Waals surface area contributed by atoms with E-state index in [0.717, 1.165) is 18.2 Å². The minimum atomic E-state index is -0.790. The Hall–Kier alpha value is -2.81. The van der Waals surface area contributed by atoms with Gasteiger partial charge in [0.1, 0.15) is 5.75 Å². The molecule has 2 aromatic rings. The molecule has 0 aromatic heterocycles. The molecular formula is C13H7BrN2O6. The Morgan fingerprint density at radius 2 is 1.68 bits per heavy atom. The summed E-state index contributed by atoms with van der Waals surface area (Å²) in [6.45, 7) is 0. The molecule has 0 saturated carbocycles. The number of non-ortho nitro benzene ring substituents is 1. The summed E-state index contributed by atoms with van der Waals surface area (Å²) in [5.74, 6) is -0.0869. The third kappa shape index (κ3) is 3.26. The molecule has 0 aliphatic carbocycles. The molecule has 22 heavy (non-hydrogen) atoms. The largest absolute Gasteiger partial charge is 0.449 e. The fourth-order valence-electron chi connectivity index (χ4n) is 1.67. The highest BCUT2D eigenvalue weighted by Gasteiger charge is 2.21. The smallest absolute Gasteiger partial charge is 0.318 e. The Bertz CT molecular complexity index is 777. The number of ether oxygens (including phenoxy) is 1. The molecule has 8 nitrogen and oxygen atoms in total. The van der Waals surface area contributed by atoms with Crippen molar-refractivity contribution in [2.45, 2.75) is 0 Å². The highest BCUT2D eigenvalue weighted by atomic mass is 79.9. The molecule has 0 radical (unpaired) electrons. The van der Waals surface area contributed by atoms with Gasteiger partial charge in [0.15, 0.2) is 6.29 Å². The summed E-state index contributed by atoms with van der Waals surface area (Å²) < 4.78 is 6.01. The van der Waals surface area contributed by atoms with Gasteiger partial charge in [-0.15, -0.1) is 0 Å². The SMILES string of the molecule is O=Cc1cc(Br)ccc1Oc1ccc([N+](=O)[O-])cc1[N+](=O)[O-]. The van der Waals surface area contributed by atoms with Crippen molar-refractivity contribution in [3.05, 3.63) is 66.7 Å². The van der Waals surface area contributed by atoms with Crippen molar-refractivity contribution < 1.29 is 19.4 Å². The summed E-state index contributed by atoms with van der Waals surface area (Å²) in [5, 5.41) is 21.7. The first kappa shape index (κ1) is 15.6. The molecule has 0 amide bonds. The standard InChI is InChI=1S/C13H7BrN2O6/c14-9-1-3-12(8(5-9)7-17)22-13-4-2-10(15(18)19)6-11(13)16(20)21/h1-7H. The number of nitrogens with zero attached hydrogens (tertiary/aromatic N) is 2. The molecule has 0 heterocycles. The second kappa shape index (κ2) is 6.31. The van der Waals surface area contributed by atoms with E-state index < -0.39 is 21.2 Å². The fourth-order valence-corrected chi connectivity index (χ4v) is 2.05. The van der Waals surface area contributed by atoms with Crippen LogP contribution in [-0.2, 0) is 0 Å². The molecule has 0 spiro atoms. The number of hydrogen-bond donors (Lipinski definition) is 0. The number of halogens is 1. The van der Waals surface area contributed by atoms with Crippen molar-refractivity contribution in [3.8, 4) is 11.5 Å². The van der Waals surface area contributed by atoms with Gasteiger partial charge in [0.25, 0.3) is 5.69 Å². The van der Waals surface area contributed by atoms with Crippen molar-refractivity contribution in [3.63, 3.8) is 0 Å². The van der Waals surface area contributed by atoms with Crippen molar-refractivity contribution >= 4 is 33.6 Å². The number of rotatable bonds is 5. The van der Waals surface area contributed by atoms with Gasteiger partial charge in [-0.2, -0.15) is 0 Å². The van der Waals surface area contributed by atoms with E-state index in [1.807, 2.05) is 0 Å². The summed E-state index contributed by atoms with van der Waals surface area (Å²) in [7, 11) is 0. The fraction of sp³-hybridized carbons (Fsp3) is 0. The lowest BCUT2D eigenvalue weighted by molar-refractivity contribution is -0.394. The van der Waals surface area contributed by atoms with Crippen LogP contribution in [0.4, 0.5) is 11.4 Å². The second-order valence-corrected chi connectivity index (χ2v) is 4.98. The van der Waals surface area contributed by atoms with Crippen molar-refractivity contribution in [1.82, 2.24) is 0 Å². The Labute approximate surface area is 131 Å². The average molecular weight is 367 g/mol. The maximum Gasteiger partial charge on any atom is 0.318 e. The number of aldehydes is 1. The van der Waals surface area contributed by atoms with Crippen molar-refractivity contribution in [2.75, 3.05) is 0 Å². The molecule has 2 aromatic carbocycles. The maximum atomic E-state index is 11.0. The number of carbonyl (C=O) groups is 1. The molecule has 9 heteroatoms. The third-order valence-corrected chi connectivity index (χ3v) is 3.16. The van der Waals surface area contributed by atoms with Gasteiger partial charge < -0.3 is 4.74 Å². The Morgan fingerprint density at radius 1 is 1.00 bits per heavy atom. The minimum Gasteiger partial charge on any atom is -0.449 e. The van der Waals surface area contributed by atoms with E-state index in [-0.39, 0.29) is 17.1 Å². The molecule has 0 saturated heterocycles. The maximum absolute atomic E-state index is 11.0. The lowest BCUT2D eigenvalue weighted by Gasteiger charge is -2.08. The highest BCUT2D eigenvalue weighted by molar-refractivity contribution is 9.10. The molecule has 0 atom stereocenters. The first-order chi connectivity index (χ1) is 10.4. The van der Waals surface area contributed by atoms with E-state index in [1.54, 1.807) is 6.07 Å². The minimum absolute atomic E-state index is 0.107.